The fourth-order valence-corrected chi connectivity index (χ4v) is 6.49. The number of benzene rings is 3. The number of halogens is 2. The first-order valence-electron chi connectivity index (χ1n) is 14.8. The molecule has 1 saturated heterocycles. The van der Waals surface area contributed by atoms with Gasteiger partial charge >= 0.3 is 5.97 Å². The second kappa shape index (κ2) is 14.7. The Kier molecular flexibility index (Phi) is 11.2. The summed E-state index contributed by atoms with van der Waals surface area (Å²) in [6, 6.07) is 18.4. The van der Waals surface area contributed by atoms with Crippen molar-refractivity contribution in [2.24, 2.45) is 0 Å². The molecular weight excluding hydrogens is 615 g/mol. The molecule has 1 heterocycles. The number of likely N-dealkylation sites (tertiary alicyclic amines) is 1. The Morgan fingerprint density at radius 2 is 1.51 bits per heavy atom. The Labute approximate surface area is 275 Å². The summed E-state index contributed by atoms with van der Waals surface area (Å²) in [5.74, 6) is 0.387. The molecule has 8 nitrogen and oxygen atoms in total. The summed E-state index contributed by atoms with van der Waals surface area (Å²) >= 11 is 12.7. The van der Waals surface area contributed by atoms with Gasteiger partial charge in [-0.25, -0.2) is 0 Å². The van der Waals surface area contributed by atoms with Crippen molar-refractivity contribution in [1.29, 1.82) is 5.41 Å². The lowest BCUT2D eigenvalue weighted by molar-refractivity contribution is -0.149. The third-order valence-corrected chi connectivity index (χ3v) is 9.72. The quantitative estimate of drug-likeness (QED) is 0.119. The van der Waals surface area contributed by atoms with E-state index in [0.29, 0.717) is 66.2 Å². The van der Waals surface area contributed by atoms with Crippen LogP contribution in [0.3, 0.4) is 0 Å². The zero-order valence-corrected chi connectivity index (χ0v) is 27.9. The predicted octanol–water partition coefficient (Wildman–Crippen LogP) is 7.17. The molecule has 0 saturated carbocycles. The van der Waals surface area contributed by atoms with Crippen LogP contribution < -0.4 is 14.2 Å². The summed E-state index contributed by atoms with van der Waals surface area (Å²) in [5, 5.41) is 9.78. The van der Waals surface area contributed by atoms with Gasteiger partial charge < -0.3 is 29.3 Å². The summed E-state index contributed by atoms with van der Waals surface area (Å²) < 4.78 is 21.5. The number of piperidine rings is 1. The topological polar surface area (TPSA) is 98.2 Å². The summed E-state index contributed by atoms with van der Waals surface area (Å²) in [5.41, 5.74) is 0.736. The van der Waals surface area contributed by atoms with E-state index in [1.54, 1.807) is 18.2 Å². The highest BCUT2D eigenvalue weighted by molar-refractivity contribution is 6.45. The first kappa shape index (κ1) is 34.3. The number of Topliss-reactive ketones (excluding diaryl/α,β-unsaturated/α-hetero) is 1. The van der Waals surface area contributed by atoms with Crippen molar-refractivity contribution in [3.8, 4) is 17.2 Å². The smallest absolute Gasteiger partial charge is 0.316 e. The van der Waals surface area contributed by atoms with Gasteiger partial charge in [0.25, 0.3) is 0 Å². The maximum absolute atomic E-state index is 13.6. The Hall–Kier alpha value is -3.59. The van der Waals surface area contributed by atoms with E-state index in [1.807, 2.05) is 49.4 Å². The highest BCUT2D eigenvalue weighted by Crippen LogP contribution is 2.41. The van der Waals surface area contributed by atoms with Crippen LogP contribution in [0.4, 0.5) is 0 Å². The third kappa shape index (κ3) is 7.29. The molecule has 1 aliphatic heterocycles. The van der Waals surface area contributed by atoms with Crippen molar-refractivity contribution in [2.75, 3.05) is 48.1 Å². The lowest BCUT2D eigenvalue weighted by atomic mass is 9.72. The monoisotopic (exact) mass is 654 g/mol. The number of nitrogens with one attached hydrogen (secondary N) is 1. The maximum atomic E-state index is 13.6. The number of rotatable bonds is 13. The van der Waals surface area contributed by atoms with Crippen molar-refractivity contribution < 1.29 is 28.5 Å². The van der Waals surface area contributed by atoms with Gasteiger partial charge in [0.1, 0.15) is 0 Å². The van der Waals surface area contributed by atoms with E-state index in [4.69, 9.17) is 47.6 Å². The minimum Gasteiger partial charge on any atom is -0.493 e. The number of esters is 1. The molecule has 240 valence electrons. The van der Waals surface area contributed by atoms with E-state index < -0.39 is 16.6 Å². The molecule has 4 rings (SSSR count). The summed E-state index contributed by atoms with van der Waals surface area (Å²) in [7, 11) is 5.89. The zero-order chi connectivity index (χ0) is 32.8. The molecule has 0 aliphatic carbocycles. The van der Waals surface area contributed by atoms with Crippen LogP contribution in [0, 0.1) is 5.41 Å². The maximum Gasteiger partial charge on any atom is 0.316 e. The average Bonchev–Trinajstić information content (AvgIpc) is 3.07. The van der Waals surface area contributed by atoms with E-state index >= 15 is 0 Å². The van der Waals surface area contributed by atoms with Crippen molar-refractivity contribution >= 4 is 40.7 Å². The number of carbonyl (C=O) groups excluding carboxylic acids is 2. The summed E-state index contributed by atoms with van der Waals surface area (Å²) in [6.07, 6.45) is 2.04. The molecule has 45 heavy (non-hydrogen) atoms. The molecule has 3 aromatic carbocycles. The average molecular weight is 656 g/mol. The minimum atomic E-state index is -0.686. The van der Waals surface area contributed by atoms with E-state index in [-0.39, 0.29) is 23.7 Å². The van der Waals surface area contributed by atoms with E-state index in [2.05, 4.69) is 4.90 Å². The molecule has 0 bridgehead atoms. The van der Waals surface area contributed by atoms with E-state index in [0.717, 1.165) is 11.1 Å². The molecule has 0 aromatic heterocycles. The number of carbonyl (C=O) groups is 2. The summed E-state index contributed by atoms with van der Waals surface area (Å²) in [6.45, 7) is 4.12. The van der Waals surface area contributed by atoms with Crippen LogP contribution in [0.5, 0.6) is 17.2 Å². The van der Waals surface area contributed by atoms with Gasteiger partial charge in [-0.2, -0.15) is 0 Å². The number of hydrogen-bond donors (Lipinski definition) is 1. The van der Waals surface area contributed by atoms with E-state index in [9.17, 15) is 9.59 Å². The zero-order valence-electron chi connectivity index (χ0n) is 26.4. The van der Waals surface area contributed by atoms with Gasteiger partial charge in [-0.3, -0.25) is 9.59 Å². The molecule has 1 N–H and O–H groups in total. The number of nitrogens with zero attached hydrogens (tertiary/aromatic N) is 1. The lowest BCUT2D eigenvalue weighted by Crippen LogP contribution is -2.48. The fraction of sp³-hybridized carbons (Fsp3) is 0.400. The molecule has 10 heteroatoms. The van der Waals surface area contributed by atoms with Crippen LogP contribution in [0.1, 0.15) is 54.1 Å². The van der Waals surface area contributed by atoms with Gasteiger partial charge in [0.2, 0.25) is 11.5 Å². The SMILES string of the molecule is COC(=O)C1(c2ccccc2)CCN(CCC(C)(CC(=N)C(=O)c2cc(OC)c(OC)c(OC)c2)c2ccc(Cl)c(Cl)c2)CC1. The van der Waals surface area contributed by atoms with Gasteiger partial charge in [0.05, 0.1) is 49.6 Å². The standard InChI is InChI=1S/C35H40Cl2N2O6/c1-34(25-11-12-26(36)27(37)21-25,22-28(38)31(40)23-19-29(42-2)32(44-4)30(20-23)43-3)13-16-39-17-14-35(15-18-39,33(41)45-5)24-9-7-6-8-10-24/h6-12,19-21,38H,13-18,22H2,1-5H3. The molecule has 1 unspecified atom stereocenters. The second-order valence-corrected chi connectivity index (χ2v) is 12.4. The van der Waals surface area contributed by atoms with Gasteiger partial charge in [-0.1, -0.05) is 66.5 Å². The van der Waals surface area contributed by atoms with E-state index in [1.165, 1.54) is 28.4 Å². The highest BCUT2D eigenvalue weighted by Gasteiger charge is 2.44. The highest BCUT2D eigenvalue weighted by atomic mass is 35.5. The van der Waals surface area contributed by atoms with Crippen molar-refractivity contribution in [3.63, 3.8) is 0 Å². The van der Waals surface area contributed by atoms with Crippen LogP contribution >= 0.6 is 23.2 Å². The Morgan fingerprint density at radius 3 is 2.04 bits per heavy atom. The first-order chi connectivity index (χ1) is 21.5. The summed E-state index contributed by atoms with van der Waals surface area (Å²) in [4.78, 5) is 29.0. The van der Waals surface area contributed by atoms with Crippen LogP contribution in [-0.4, -0.2) is 70.4 Å². The lowest BCUT2D eigenvalue weighted by Gasteiger charge is -2.41. The predicted molar refractivity (Wildman–Crippen MR) is 177 cm³/mol. The molecule has 0 radical (unpaired) electrons. The first-order valence-corrected chi connectivity index (χ1v) is 15.5. The normalized spacial score (nSPS) is 15.9. The van der Waals surface area contributed by atoms with Gasteiger partial charge in [0.15, 0.2) is 11.5 Å². The number of hydrogen-bond acceptors (Lipinski definition) is 8. The fourth-order valence-electron chi connectivity index (χ4n) is 6.19. The largest absolute Gasteiger partial charge is 0.493 e. The third-order valence-electron chi connectivity index (χ3n) is 8.98. The molecule has 1 atom stereocenters. The molecule has 1 aliphatic rings. The van der Waals surface area contributed by atoms with Crippen molar-refractivity contribution in [1.82, 2.24) is 4.90 Å². The van der Waals surface area contributed by atoms with Crippen molar-refractivity contribution in [2.45, 2.75) is 43.4 Å². The Bertz CT molecular complexity index is 1510. The molecule has 0 amide bonds. The van der Waals surface area contributed by atoms with Crippen molar-refractivity contribution in [3.05, 3.63) is 87.4 Å². The Balaban J connectivity index is 1.56. The van der Waals surface area contributed by atoms with Crippen LogP contribution in [0.2, 0.25) is 10.0 Å². The number of methoxy groups -OCH3 is 4. The Morgan fingerprint density at radius 1 is 0.889 bits per heavy atom. The van der Waals surface area contributed by atoms with Gasteiger partial charge in [0, 0.05) is 12.0 Å². The second-order valence-electron chi connectivity index (χ2n) is 11.6. The van der Waals surface area contributed by atoms with Gasteiger partial charge in [-0.05, 0) is 79.7 Å². The number of ketones is 1. The van der Waals surface area contributed by atoms with Gasteiger partial charge in [-0.15, -0.1) is 0 Å². The molecule has 3 aromatic rings. The molecule has 1 fully saturated rings. The minimum absolute atomic E-state index is 0.0646. The molecular formula is C35H40Cl2N2O6. The van der Waals surface area contributed by atoms with Crippen LogP contribution in [-0.2, 0) is 20.4 Å². The molecule has 0 spiro atoms. The number of ether oxygens (including phenoxy) is 4. The van der Waals surface area contributed by atoms with Crippen LogP contribution in [0.25, 0.3) is 0 Å². The van der Waals surface area contributed by atoms with Crippen LogP contribution in [0.15, 0.2) is 60.7 Å².